The van der Waals surface area contributed by atoms with E-state index < -0.39 is 0 Å². The van der Waals surface area contributed by atoms with E-state index in [4.69, 9.17) is 4.74 Å². The van der Waals surface area contributed by atoms with Crippen LogP contribution in [0, 0.1) is 13.8 Å². The number of piperazine rings is 1. The van der Waals surface area contributed by atoms with Crippen LogP contribution in [0.2, 0.25) is 0 Å². The van der Waals surface area contributed by atoms with E-state index in [0.717, 1.165) is 49.5 Å². The first-order chi connectivity index (χ1) is 12.9. The first-order valence-corrected chi connectivity index (χ1v) is 9.92. The maximum atomic E-state index is 12.6. The number of carbonyl (C=O) groups is 2. The summed E-state index contributed by atoms with van der Waals surface area (Å²) in [5.41, 5.74) is 3.23. The van der Waals surface area contributed by atoms with Crippen LogP contribution in [-0.4, -0.2) is 73.6 Å². The number of morpholine rings is 1. The Labute approximate surface area is 162 Å². The molecular weight excluding hydrogens is 342 g/mol. The van der Waals surface area contributed by atoms with E-state index in [0.29, 0.717) is 25.6 Å². The van der Waals surface area contributed by atoms with Gasteiger partial charge in [-0.2, -0.15) is 0 Å². The highest BCUT2D eigenvalue weighted by atomic mass is 16.5. The summed E-state index contributed by atoms with van der Waals surface area (Å²) in [5.74, 6) is 0.0874. The van der Waals surface area contributed by atoms with Gasteiger partial charge in [0.05, 0.1) is 13.2 Å². The van der Waals surface area contributed by atoms with Crippen molar-refractivity contribution in [2.24, 2.45) is 0 Å². The first kappa shape index (κ1) is 19.8. The number of benzene rings is 1. The standard InChI is InChI=1S/C21H31N3O3/c1-16-12-17(2)14-19(13-16)24-7-6-23(15-21(24)26)20(25)5-4-18(3)22-8-10-27-11-9-22/h12-14,18H,4-11,15H2,1-3H3/t18-/m1/s1. The molecule has 3 rings (SSSR count). The Morgan fingerprint density at radius 1 is 1.07 bits per heavy atom. The molecule has 6 nitrogen and oxygen atoms in total. The molecule has 27 heavy (non-hydrogen) atoms. The molecule has 2 aliphatic rings. The Hall–Kier alpha value is -1.92. The average Bonchev–Trinajstić information content (AvgIpc) is 2.65. The van der Waals surface area contributed by atoms with Gasteiger partial charge in [-0.05, 0) is 50.5 Å². The lowest BCUT2D eigenvalue weighted by Gasteiger charge is -2.35. The molecule has 2 aliphatic heterocycles. The zero-order valence-electron chi connectivity index (χ0n) is 16.7. The largest absolute Gasteiger partial charge is 0.379 e. The van der Waals surface area contributed by atoms with Gasteiger partial charge in [0.15, 0.2) is 0 Å². The summed E-state index contributed by atoms with van der Waals surface area (Å²) in [6, 6.07) is 6.53. The molecule has 2 heterocycles. The number of carbonyl (C=O) groups excluding carboxylic acids is 2. The number of hydrogen-bond donors (Lipinski definition) is 0. The monoisotopic (exact) mass is 373 g/mol. The Morgan fingerprint density at radius 3 is 2.37 bits per heavy atom. The fraction of sp³-hybridized carbons (Fsp3) is 0.619. The van der Waals surface area contributed by atoms with Crippen LogP contribution in [-0.2, 0) is 14.3 Å². The van der Waals surface area contributed by atoms with Crippen molar-refractivity contribution in [3.05, 3.63) is 29.3 Å². The van der Waals surface area contributed by atoms with E-state index in [2.05, 4.69) is 17.9 Å². The van der Waals surface area contributed by atoms with Crippen molar-refractivity contribution in [3.63, 3.8) is 0 Å². The minimum absolute atomic E-state index is 0.000766. The zero-order chi connectivity index (χ0) is 19.4. The van der Waals surface area contributed by atoms with Gasteiger partial charge in [-0.1, -0.05) is 6.07 Å². The molecular formula is C21H31N3O3. The number of hydrogen-bond acceptors (Lipinski definition) is 4. The van der Waals surface area contributed by atoms with Crippen LogP contribution in [0.3, 0.4) is 0 Å². The number of anilines is 1. The van der Waals surface area contributed by atoms with Gasteiger partial charge in [0, 0.05) is 44.3 Å². The maximum Gasteiger partial charge on any atom is 0.246 e. The van der Waals surface area contributed by atoms with Gasteiger partial charge in [0.2, 0.25) is 11.8 Å². The second-order valence-electron chi connectivity index (χ2n) is 7.74. The second kappa shape index (κ2) is 8.85. The van der Waals surface area contributed by atoms with Crippen molar-refractivity contribution in [2.75, 3.05) is 50.8 Å². The maximum absolute atomic E-state index is 12.6. The van der Waals surface area contributed by atoms with Crippen molar-refractivity contribution in [2.45, 2.75) is 39.7 Å². The number of rotatable bonds is 5. The Morgan fingerprint density at radius 2 is 1.74 bits per heavy atom. The lowest BCUT2D eigenvalue weighted by atomic mass is 10.1. The first-order valence-electron chi connectivity index (χ1n) is 9.92. The van der Waals surface area contributed by atoms with Gasteiger partial charge < -0.3 is 14.5 Å². The van der Waals surface area contributed by atoms with E-state index in [1.165, 1.54) is 0 Å². The third-order valence-electron chi connectivity index (χ3n) is 5.54. The molecule has 0 unspecified atom stereocenters. The fourth-order valence-corrected chi connectivity index (χ4v) is 3.96. The van der Waals surface area contributed by atoms with Crippen LogP contribution < -0.4 is 4.90 Å². The third-order valence-corrected chi connectivity index (χ3v) is 5.54. The fourth-order valence-electron chi connectivity index (χ4n) is 3.96. The highest BCUT2D eigenvalue weighted by Gasteiger charge is 2.28. The quantitative estimate of drug-likeness (QED) is 0.792. The van der Waals surface area contributed by atoms with Gasteiger partial charge in [-0.15, -0.1) is 0 Å². The van der Waals surface area contributed by atoms with Crippen LogP contribution in [0.25, 0.3) is 0 Å². The van der Waals surface area contributed by atoms with Crippen molar-refractivity contribution in [3.8, 4) is 0 Å². The molecule has 0 N–H and O–H groups in total. The second-order valence-corrected chi connectivity index (χ2v) is 7.74. The predicted molar refractivity (Wildman–Crippen MR) is 106 cm³/mol. The molecule has 6 heteroatoms. The molecule has 148 valence electrons. The van der Waals surface area contributed by atoms with Crippen molar-refractivity contribution < 1.29 is 14.3 Å². The summed E-state index contributed by atoms with van der Waals surface area (Å²) in [6.07, 6.45) is 1.32. The lowest BCUT2D eigenvalue weighted by molar-refractivity contribution is -0.137. The summed E-state index contributed by atoms with van der Waals surface area (Å²) in [5, 5.41) is 0. The number of amides is 2. The summed E-state index contributed by atoms with van der Waals surface area (Å²) in [7, 11) is 0. The predicted octanol–water partition coefficient (Wildman–Crippen LogP) is 1.98. The normalized spacial score (nSPS) is 20.0. The molecule has 0 spiro atoms. The van der Waals surface area contributed by atoms with E-state index in [1.54, 1.807) is 9.80 Å². The van der Waals surface area contributed by atoms with E-state index in [-0.39, 0.29) is 18.4 Å². The van der Waals surface area contributed by atoms with Crippen LogP contribution in [0.5, 0.6) is 0 Å². The molecule has 2 amide bonds. The van der Waals surface area contributed by atoms with Gasteiger partial charge in [-0.25, -0.2) is 0 Å². The zero-order valence-corrected chi connectivity index (χ0v) is 16.7. The molecule has 0 radical (unpaired) electrons. The minimum Gasteiger partial charge on any atom is -0.379 e. The molecule has 0 aromatic heterocycles. The summed E-state index contributed by atoms with van der Waals surface area (Å²) >= 11 is 0. The molecule has 2 fully saturated rings. The van der Waals surface area contributed by atoms with Crippen LogP contribution >= 0.6 is 0 Å². The number of nitrogens with zero attached hydrogens (tertiary/aromatic N) is 3. The number of aryl methyl sites for hydroxylation is 2. The Bertz CT molecular complexity index is 665. The molecule has 0 aliphatic carbocycles. The molecule has 0 saturated carbocycles. The third kappa shape index (κ3) is 5.08. The highest BCUT2D eigenvalue weighted by molar-refractivity contribution is 5.98. The SMILES string of the molecule is Cc1cc(C)cc(N2CCN(C(=O)CC[C@@H](C)N3CCOCC3)CC2=O)c1. The topological polar surface area (TPSA) is 53.1 Å². The van der Waals surface area contributed by atoms with E-state index >= 15 is 0 Å². The van der Waals surface area contributed by atoms with Gasteiger partial charge in [0.25, 0.3) is 0 Å². The van der Waals surface area contributed by atoms with Crippen molar-refractivity contribution >= 4 is 17.5 Å². The molecule has 1 atom stereocenters. The smallest absolute Gasteiger partial charge is 0.246 e. The molecule has 1 aromatic carbocycles. The van der Waals surface area contributed by atoms with E-state index in [1.807, 2.05) is 26.0 Å². The number of ether oxygens (including phenoxy) is 1. The summed E-state index contributed by atoms with van der Waals surface area (Å²) in [6.45, 7) is 11.0. The van der Waals surface area contributed by atoms with Crippen LogP contribution in [0.4, 0.5) is 5.69 Å². The minimum atomic E-state index is 0.000766. The molecule has 1 aromatic rings. The van der Waals surface area contributed by atoms with Gasteiger partial charge in [-0.3, -0.25) is 14.5 Å². The van der Waals surface area contributed by atoms with E-state index in [9.17, 15) is 9.59 Å². The molecule has 0 bridgehead atoms. The molecule has 2 saturated heterocycles. The van der Waals surface area contributed by atoms with Gasteiger partial charge in [0.1, 0.15) is 6.54 Å². The lowest BCUT2D eigenvalue weighted by Crippen LogP contribution is -2.52. The van der Waals surface area contributed by atoms with Gasteiger partial charge >= 0.3 is 0 Å². The van der Waals surface area contributed by atoms with Crippen molar-refractivity contribution in [1.82, 2.24) is 9.80 Å². The average molecular weight is 373 g/mol. The Balaban J connectivity index is 1.51. The van der Waals surface area contributed by atoms with Crippen LogP contribution in [0.1, 0.15) is 30.9 Å². The summed E-state index contributed by atoms with van der Waals surface area (Å²) in [4.78, 5) is 31.1. The van der Waals surface area contributed by atoms with Crippen molar-refractivity contribution in [1.29, 1.82) is 0 Å². The Kier molecular flexibility index (Phi) is 6.50. The highest BCUT2D eigenvalue weighted by Crippen LogP contribution is 2.21. The van der Waals surface area contributed by atoms with Crippen LogP contribution in [0.15, 0.2) is 18.2 Å². The summed E-state index contributed by atoms with van der Waals surface area (Å²) < 4.78 is 5.38.